The van der Waals surface area contributed by atoms with Crippen molar-refractivity contribution in [2.45, 2.75) is 26.9 Å². The van der Waals surface area contributed by atoms with Gasteiger partial charge in [-0.2, -0.15) is 0 Å². The van der Waals surface area contributed by atoms with E-state index in [1.165, 1.54) is 5.69 Å². The van der Waals surface area contributed by atoms with Crippen molar-refractivity contribution >= 4 is 29.1 Å². The third-order valence-corrected chi connectivity index (χ3v) is 6.72. The molecule has 3 aromatic carbocycles. The maximum atomic E-state index is 13.1. The van der Waals surface area contributed by atoms with Crippen LogP contribution >= 0.6 is 11.6 Å². The van der Waals surface area contributed by atoms with Gasteiger partial charge in [0.15, 0.2) is 5.76 Å². The second-order valence-electron chi connectivity index (χ2n) is 8.47. The highest BCUT2D eigenvalue weighted by atomic mass is 35.5. The minimum absolute atomic E-state index is 0.103. The fourth-order valence-electron chi connectivity index (χ4n) is 4.49. The van der Waals surface area contributed by atoms with E-state index in [2.05, 4.69) is 35.8 Å². The van der Waals surface area contributed by atoms with Gasteiger partial charge in [-0.25, -0.2) is 0 Å². The SMILES string of the molecule is CCN(CC)c1ccc(/C=C2\Oc3c(ccc4c3CN(Cc3ccccc3Cl)CO4)C2=O)cc1. The Balaban J connectivity index is 1.38. The Morgan fingerprint density at radius 2 is 1.79 bits per heavy atom. The van der Waals surface area contributed by atoms with Crippen molar-refractivity contribution in [3.63, 3.8) is 0 Å². The monoisotopic (exact) mass is 474 g/mol. The van der Waals surface area contributed by atoms with Gasteiger partial charge in [-0.05, 0) is 61.4 Å². The van der Waals surface area contributed by atoms with Crippen LogP contribution in [0.3, 0.4) is 0 Å². The number of ether oxygens (including phenoxy) is 2. The van der Waals surface area contributed by atoms with E-state index < -0.39 is 0 Å². The van der Waals surface area contributed by atoms with Crippen molar-refractivity contribution in [3.8, 4) is 11.5 Å². The van der Waals surface area contributed by atoms with Gasteiger partial charge in [0, 0.05) is 36.9 Å². The minimum Gasteiger partial charge on any atom is -0.478 e. The summed E-state index contributed by atoms with van der Waals surface area (Å²) in [5.74, 6) is 1.58. The number of hydrogen-bond acceptors (Lipinski definition) is 5. The highest BCUT2D eigenvalue weighted by molar-refractivity contribution is 6.31. The molecule has 0 bridgehead atoms. The van der Waals surface area contributed by atoms with Crippen LogP contribution in [0.15, 0.2) is 66.4 Å². The quantitative estimate of drug-likeness (QED) is 0.400. The molecule has 0 fully saturated rings. The summed E-state index contributed by atoms with van der Waals surface area (Å²) in [5.41, 5.74) is 4.60. The Hall–Kier alpha value is -3.28. The number of hydrogen-bond donors (Lipinski definition) is 0. The van der Waals surface area contributed by atoms with Gasteiger partial charge in [0.25, 0.3) is 0 Å². The number of halogens is 1. The Bertz CT molecular complexity index is 1250. The van der Waals surface area contributed by atoms with Gasteiger partial charge < -0.3 is 14.4 Å². The van der Waals surface area contributed by atoms with Crippen molar-refractivity contribution in [1.82, 2.24) is 4.90 Å². The lowest BCUT2D eigenvalue weighted by Crippen LogP contribution is -2.31. The summed E-state index contributed by atoms with van der Waals surface area (Å²) < 4.78 is 12.1. The average molecular weight is 475 g/mol. The van der Waals surface area contributed by atoms with Gasteiger partial charge >= 0.3 is 0 Å². The normalized spacial score (nSPS) is 16.1. The molecule has 0 radical (unpaired) electrons. The molecule has 2 heterocycles. The zero-order valence-corrected chi connectivity index (χ0v) is 20.1. The van der Waals surface area contributed by atoms with Crippen molar-refractivity contribution < 1.29 is 14.3 Å². The Labute approximate surface area is 205 Å². The van der Waals surface area contributed by atoms with Crippen LogP contribution in [0.1, 0.15) is 40.9 Å². The zero-order chi connectivity index (χ0) is 23.7. The third kappa shape index (κ3) is 4.29. The van der Waals surface area contributed by atoms with E-state index in [1.54, 1.807) is 6.07 Å². The fourth-order valence-corrected chi connectivity index (χ4v) is 4.69. The average Bonchev–Trinajstić information content (AvgIpc) is 3.18. The fraction of sp³-hybridized carbons (Fsp3) is 0.250. The number of carbonyl (C=O) groups is 1. The number of allylic oxidation sites excluding steroid dienone is 1. The smallest absolute Gasteiger partial charge is 0.231 e. The standard InChI is InChI=1S/C28H27ClN2O3/c1-3-31(4-2)21-11-9-19(10-12-21)15-26-27(32)22-13-14-25-23(28(22)34-26)17-30(18-33-25)16-20-7-5-6-8-24(20)29/h5-15H,3-4,16-18H2,1-2H3/b26-15-. The van der Waals surface area contributed by atoms with E-state index in [9.17, 15) is 4.79 Å². The summed E-state index contributed by atoms with van der Waals surface area (Å²) in [6, 6.07) is 19.7. The van der Waals surface area contributed by atoms with Crippen molar-refractivity contribution in [2.24, 2.45) is 0 Å². The molecule has 0 spiro atoms. The van der Waals surface area contributed by atoms with Crippen LogP contribution in [0.25, 0.3) is 6.08 Å². The number of Topliss-reactive ketones (excluding diaryl/α,β-unsaturated/α-hetero) is 1. The van der Waals surface area contributed by atoms with E-state index in [4.69, 9.17) is 21.1 Å². The van der Waals surface area contributed by atoms with Gasteiger partial charge in [0.05, 0.1) is 11.1 Å². The van der Waals surface area contributed by atoms with E-state index in [1.807, 2.05) is 48.5 Å². The Kier molecular flexibility index (Phi) is 6.31. The molecule has 0 aromatic heterocycles. The summed E-state index contributed by atoms with van der Waals surface area (Å²) in [7, 11) is 0. The molecular weight excluding hydrogens is 448 g/mol. The molecule has 5 nitrogen and oxygen atoms in total. The zero-order valence-electron chi connectivity index (χ0n) is 19.4. The van der Waals surface area contributed by atoms with E-state index in [-0.39, 0.29) is 5.78 Å². The van der Waals surface area contributed by atoms with Gasteiger partial charge in [-0.3, -0.25) is 9.69 Å². The van der Waals surface area contributed by atoms with E-state index in [0.717, 1.165) is 40.6 Å². The molecule has 0 saturated heterocycles. The first kappa shape index (κ1) is 22.5. The van der Waals surface area contributed by atoms with E-state index >= 15 is 0 Å². The Morgan fingerprint density at radius 1 is 1.03 bits per heavy atom. The van der Waals surface area contributed by atoms with Gasteiger partial charge in [0.2, 0.25) is 5.78 Å². The van der Waals surface area contributed by atoms with E-state index in [0.29, 0.717) is 36.9 Å². The molecule has 34 heavy (non-hydrogen) atoms. The summed E-state index contributed by atoms with van der Waals surface area (Å²) in [4.78, 5) is 17.5. The van der Waals surface area contributed by atoms with Gasteiger partial charge in [0.1, 0.15) is 18.2 Å². The van der Waals surface area contributed by atoms with Crippen LogP contribution < -0.4 is 14.4 Å². The molecule has 0 saturated carbocycles. The Morgan fingerprint density at radius 3 is 2.53 bits per heavy atom. The largest absolute Gasteiger partial charge is 0.478 e. The van der Waals surface area contributed by atoms with Crippen molar-refractivity contribution in [1.29, 1.82) is 0 Å². The molecule has 3 aromatic rings. The number of nitrogens with zero attached hydrogens (tertiary/aromatic N) is 2. The number of benzene rings is 3. The van der Waals surface area contributed by atoms with Gasteiger partial charge in [-0.1, -0.05) is 41.9 Å². The second-order valence-corrected chi connectivity index (χ2v) is 8.88. The second kappa shape index (κ2) is 9.53. The first-order chi connectivity index (χ1) is 16.6. The van der Waals surface area contributed by atoms with Crippen molar-refractivity contribution in [2.75, 3.05) is 24.7 Å². The molecule has 0 N–H and O–H groups in total. The van der Waals surface area contributed by atoms with Crippen LogP contribution in [0.2, 0.25) is 5.02 Å². The molecule has 6 heteroatoms. The summed E-state index contributed by atoms with van der Waals surface area (Å²) in [6.07, 6.45) is 1.81. The van der Waals surface area contributed by atoms with Crippen LogP contribution in [-0.2, 0) is 13.1 Å². The lowest BCUT2D eigenvalue weighted by Gasteiger charge is -2.30. The number of fused-ring (bicyclic) bond motifs is 3. The predicted octanol–water partition coefficient (Wildman–Crippen LogP) is 6.15. The highest BCUT2D eigenvalue weighted by Gasteiger charge is 2.33. The number of anilines is 1. The molecule has 0 atom stereocenters. The van der Waals surface area contributed by atoms with Crippen LogP contribution in [0.5, 0.6) is 11.5 Å². The maximum absolute atomic E-state index is 13.1. The molecular formula is C28H27ClN2O3. The molecule has 0 amide bonds. The number of ketones is 1. The lowest BCUT2D eigenvalue weighted by atomic mass is 10.0. The number of carbonyl (C=O) groups excluding carboxylic acids is 1. The molecule has 2 aliphatic heterocycles. The third-order valence-electron chi connectivity index (χ3n) is 6.35. The minimum atomic E-state index is -0.103. The predicted molar refractivity (Wildman–Crippen MR) is 136 cm³/mol. The molecule has 0 unspecified atom stereocenters. The number of rotatable bonds is 6. The van der Waals surface area contributed by atoms with Crippen LogP contribution in [-0.4, -0.2) is 30.5 Å². The lowest BCUT2D eigenvalue weighted by molar-refractivity contribution is 0.0873. The first-order valence-corrected chi connectivity index (χ1v) is 12.0. The topological polar surface area (TPSA) is 42.0 Å². The molecule has 2 aliphatic rings. The molecule has 0 aliphatic carbocycles. The van der Waals surface area contributed by atoms with Gasteiger partial charge in [-0.15, -0.1) is 0 Å². The van der Waals surface area contributed by atoms with Crippen molar-refractivity contribution in [3.05, 3.63) is 93.7 Å². The first-order valence-electron chi connectivity index (χ1n) is 11.6. The molecule has 174 valence electrons. The highest BCUT2D eigenvalue weighted by Crippen LogP contribution is 2.42. The van der Waals surface area contributed by atoms with Crippen LogP contribution in [0, 0.1) is 0 Å². The van der Waals surface area contributed by atoms with Crippen LogP contribution in [0.4, 0.5) is 5.69 Å². The maximum Gasteiger partial charge on any atom is 0.231 e. The summed E-state index contributed by atoms with van der Waals surface area (Å²) >= 11 is 6.35. The summed E-state index contributed by atoms with van der Waals surface area (Å²) in [6.45, 7) is 7.90. The summed E-state index contributed by atoms with van der Waals surface area (Å²) in [5, 5.41) is 0.732. The molecule has 5 rings (SSSR count).